The fourth-order valence-electron chi connectivity index (χ4n) is 0.745. The highest BCUT2D eigenvalue weighted by Gasteiger charge is 2.49. The molecule has 0 aliphatic heterocycles. The van der Waals surface area contributed by atoms with Crippen molar-refractivity contribution in [1.82, 2.24) is 0 Å². The average Bonchev–Trinajstić information content (AvgIpc) is 2.02. The maximum atomic E-state index is 12.4. The summed E-state index contributed by atoms with van der Waals surface area (Å²) in [6, 6.07) is 0. The second kappa shape index (κ2) is 4.26. The summed E-state index contributed by atoms with van der Waals surface area (Å²) in [6.07, 6.45) is -4.22. The molecule has 0 spiro atoms. The molecule has 1 atom stereocenters. The number of ketones is 1. The van der Waals surface area contributed by atoms with E-state index < -0.39 is 23.8 Å². The van der Waals surface area contributed by atoms with Crippen molar-refractivity contribution >= 4 is 21.7 Å². The molecule has 0 aromatic rings. The lowest BCUT2D eigenvalue weighted by atomic mass is 9.85. The summed E-state index contributed by atoms with van der Waals surface area (Å²) in [6.45, 7) is 4.06. The maximum absolute atomic E-state index is 12.4. The van der Waals surface area contributed by atoms with Gasteiger partial charge in [0.15, 0.2) is 0 Å². The smallest absolute Gasteiger partial charge is 0.299 e. The highest BCUT2D eigenvalue weighted by atomic mass is 79.9. The van der Waals surface area contributed by atoms with Crippen molar-refractivity contribution in [1.29, 1.82) is 0 Å². The first-order valence-electron chi connectivity index (χ1n) is 3.55. The SMILES string of the molecule is C=CC(C)(CC(=O)CBr)C(F)(F)F. The van der Waals surface area contributed by atoms with Crippen LogP contribution in [0.15, 0.2) is 12.7 Å². The Morgan fingerprint density at radius 2 is 2.00 bits per heavy atom. The van der Waals surface area contributed by atoms with Gasteiger partial charge in [-0.2, -0.15) is 13.2 Å². The van der Waals surface area contributed by atoms with Crippen molar-refractivity contribution < 1.29 is 18.0 Å². The Morgan fingerprint density at radius 1 is 1.54 bits per heavy atom. The van der Waals surface area contributed by atoms with Crippen LogP contribution >= 0.6 is 15.9 Å². The highest BCUT2D eigenvalue weighted by Crippen LogP contribution is 2.41. The number of halogens is 4. The van der Waals surface area contributed by atoms with Crippen molar-refractivity contribution in [3.05, 3.63) is 12.7 Å². The van der Waals surface area contributed by atoms with Crippen molar-refractivity contribution in [2.45, 2.75) is 19.5 Å². The van der Waals surface area contributed by atoms with E-state index in [0.29, 0.717) is 0 Å². The van der Waals surface area contributed by atoms with E-state index in [9.17, 15) is 18.0 Å². The molecule has 0 fully saturated rings. The Morgan fingerprint density at radius 3 is 2.23 bits per heavy atom. The van der Waals surface area contributed by atoms with Crippen LogP contribution in [-0.4, -0.2) is 17.3 Å². The lowest BCUT2D eigenvalue weighted by Gasteiger charge is -2.27. The molecular formula is C8H10BrF3O. The molecule has 0 radical (unpaired) electrons. The summed E-state index contributed by atoms with van der Waals surface area (Å²) in [5.74, 6) is -0.486. The number of hydrogen-bond acceptors (Lipinski definition) is 1. The molecule has 0 bridgehead atoms. The molecule has 0 N–H and O–H groups in total. The first-order valence-corrected chi connectivity index (χ1v) is 4.67. The van der Waals surface area contributed by atoms with Gasteiger partial charge in [-0.3, -0.25) is 4.79 Å². The van der Waals surface area contributed by atoms with Gasteiger partial charge < -0.3 is 0 Å². The summed E-state index contributed by atoms with van der Waals surface area (Å²) >= 11 is 2.81. The Labute approximate surface area is 83.1 Å². The van der Waals surface area contributed by atoms with Crippen LogP contribution in [0.25, 0.3) is 0 Å². The zero-order valence-corrected chi connectivity index (χ0v) is 8.70. The van der Waals surface area contributed by atoms with Crippen LogP contribution in [-0.2, 0) is 4.79 Å². The summed E-state index contributed by atoms with van der Waals surface area (Å²) in [5.41, 5.74) is -2.11. The first-order chi connectivity index (χ1) is 5.77. The molecule has 0 aliphatic rings. The minimum atomic E-state index is -4.42. The molecule has 0 aromatic carbocycles. The fraction of sp³-hybridized carbons (Fsp3) is 0.625. The Balaban J connectivity index is 4.66. The van der Waals surface area contributed by atoms with E-state index in [2.05, 4.69) is 22.5 Å². The third-order valence-electron chi connectivity index (χ3n) is 1.81. The molecule has 13 heavy (non-hydrogen) atoms. The minimum absolute atomic E-state index is 0.0630. The van der Waals surface area contributed by atoms with Gasteiger partial charge in [0.05, 0.1) is 10.7 Å². The Hall–Kier alpha value is -0.320. The largest absolute Gasteiger partial charge is 0.397 e. The third-order valence-corrected chi connectivity index (χ3v) is 2.44. The third kappa shape index (κ3) is 3.14. The molecular weight excluding hydrogens is 249 g/mol. The molecule has 0 heterocycles. The van der Waals surface area contributed by atoms with Gasteiger partial charge in [0, 0.05) is 6.42 Å². The number of Topliss-reactive ketones (excluding diaryl/α,β-unsaturated/α-hetero) is 1. The van der Waals surface area contributed by atoms with Crippen LogP contribution in [0.2, 0.25) is 0 Å². The highest BCUT2D eigenvalue weighted by molar-refractivity contribution is 9.09. The normalized spacial score (nSPS) is 16.4. The second-order valence-corrected chi connectivity index (χ2v) is 3.53. The van der Waals surface area contributed by atoms with E-state index in [1.165, 1.54) is 0 Å². The van der Waals surface area contributed by atoms with Gasteiger partial charge in [0.25, 0.3) is 0 Å². The number of carbonyl (C=O) groups excluding carboxylic acids is 1. The van der Waals surface area contributed by atoms with Crippen LogP contribution < -0.4 is 0 Å². The minimum Gasteiger partial charge on any atom is -0.299 e. The molecule has 0 rings (SSSR count). The van der Waals surface area contributed by atoms with E-state index in [1.807, 2.05) is 0 Å². The zero-order valence-electron chi connectivity index (χ0n) is 7.12. The molecule has 0 aromatic heterocycles. The van der Waals surface area contributed by atoms with Gasteiger partial charge in [0.2, 0.25) is 0 Å². The van der Waals surface area contributed by atoms with Crippen LogP contribution in [0.4, 0.5) is 13.2 Å². The number of hydrogen-bond donors (Lipinski definition) is 0. The van der Waals surface area contributed by atoms with Gasteiger partial charge in [-0.15, -0.1) is 6.58 Å². The van der Waals surface area contributed by atoms with Crippen molar-refractivity contribution in [2.24, 2.45) is 5.41 Å². The van der Waals surface area contributed by atoms with Crippen molar-refractivity contribution in [2.75, 3.05) is 5.33 Å². The van der Waals surface area contributed by atoms with E-state index in [0.717, 1.165) is 13.0 Å². The summed E-state index contributed by atoms with van der Waals surface area (Å²) < 4.78 is 37.1. The molecule has 76 valence electrons. The topological polar surface area (TPSA) is 17.1 Å². The van der Waals surface area contributed by atoms with Crippen molar-refractivity contribution in [3.63, 3.8) is 0 Å². The van der Waals surface area contributed by atoms with E-state index in [1.54, 1.807) is 0 Å². The van der Waals surface area contributed by atoms with Crippen LogP contribution in [0, 0.1) is 5.41 Å². The molecule has 0 saturated heterocycles. The average molecular weight is 259 g/mol. The van der Waals surface area contributed by atoms with Crippen LogP contribution in [0.3, 0.4) is 0 Å². The summed E-state index contributed by atoms with van der Waals surface area (Å²) in [7, 11) is 0. The lowest BCUT2D eigenvalue weighted by molar-refractivity contribution is -0.202. The van der Waals surface area contributed by atoms with Gasteiger partial charge in [0.1, 0.15) is 5.78 Å². The maximum Gasteiger partial charge on any atom is 0.397 e. The lowest BCUT2D eigenvalue weighted by Crippen LogP contribution is -2.35. The van der Waals surface area contributed by atoms with Crippen LogP contribution in [0.1, 0.15) is 13.3 Å². The quantitative estimate of drug-likeness (QED) is 0.560. The number of rotatable bonds is 4. The van der Waals surface area contributed by atoms with Gasteiger partial charge >= 0.3 is 6.18 Å². The first kappa shape index (κ1) is 12.7. The molecule has 0 amide bonds. The Bertz CT molecular complexity index is 212. The van der Waals surface area contributed by atoms with Crippen molar-refractivity contribution in [3.8, 4) is 0 Å². The zero-order chi connectivity index (χ0) is 10.7. The monoisotopic (exact) mass is 258 g/mol. The predicted octanol–water partition coefficient (Wildman–Crippen LogP) is 3.10. The van der Waals surface area contributed by atoms with Gasteiger partial charge in [-0.25, -0.2) is 0 Å². The van der Waals surface area contributed by atoms with E-state index in [4.69, 9.17) is 0 Å². The predicted molar refractivity (Wildman–Crippen MR) is 47.8 cm³/mol. The summed E-state index contributed by atoms with van der Waals surface area (Å²) in [5, 5.41) is -0.0630. The standard InChI is InChI=1S/C8H10BrF3O/c1-3-7(2,8(10,11)12)4-6(13)5-9/h3H,1,4-5H2,2H3. The molecule has 1 unspecified atom stereocenters. The molecule has 5 heteroatoms. The van der Waals surface area contributed by atoms with Gasteiger partial charge in [-0.1, -0.05) is 22.0 Å². The Kier molecular flexibility index (Phi) is 4.16. The number of carbonyl (C=O) groups is 1. The van der Waals surface area contributed by atoms with Crippen LogP contribution in [0.5, 0.6) is 0 Å². The summed E-state index contributed by atoms with van der Waals surface area (Å²) in [4.78, 5) is 10.8. The van der Waals surface area contributed by atoms with E-state index in [-0.39, 0.29) is 5.33 Å². The number of allylic oxidation sites excluding steroid dienone is 1. The second-order valence-electron chi connectivity index (χ2n) is 2.97. The van der Waals surface area contributed by atoms with Gasteiger partial charge in [-0.05, 0) is 6.92 Å². The molecule has 1 nitrogen and oxygen atoms in total. The molecule has 0 aliphatic carbocycles. The fourth-order valence-corrected chi connectivity index (χ4v) is 0.943. The molecule has 0 saturated carbocycles. The van der Waals surface area contributed by atoms with E-state index >= 15 is 0 Å². The number of alkyl halides is 4.